The largest absolute Gasteiger partial charge is 0.432 e. The van der Waals surface area contributed by atoms with Crippen LogP contribution in [-0.2, 0) is 15.1 Å². The van der Waals surface area contributed by atoms with Gasteiger partial charge in [-0.2, -0.15) is 0 Å². The molecule has 0 heterocycles. The number of hydrogen-bond donors (Lipinski definition) is 1. The molecule has 0 bridgehead atoms. The molecule has 1 N–H and O–H groups in total. The summed E-state index contributed by atoms with van der Waals surface area (Å²) in [4.78, 5) is 40.2. The Morgan fingerprint density at radius 1 is 0.933 bits per heavy atom. The number of amides is 1. The molecule has 0 saturated heterocycles. The van der Waals surface area contributed by atoms with E-state index in [-0.39, 0.29) is 5.56 Å². The van der Waals surface area contributed by atoms with Crippen molar-refractivity contribution in [1.82, 2.24) is 5.32 Å². The third-order valence-electron chi connectivity index (χ3n) is 5.19. The first-order chi connectivity index (χ1) is 14.1. The fraction of sp³-hybridized carbons (Fsp3) is 0.240. The summed E-state index contributed by atoms with van der Waals surface area (Å²) in [6, 6.07) is 17.4. The van der Waals surface area contributed by atoms with E-state index in [1.807, 2.05) is 39.8 Å². The van der Waals surface area contributed by atoms with Gasteiger partial charge in [0, 0.05) is 22.1 Å². The fourth-order valence-corrected chi connectivity index (χ4v) is 3.82. The molecule has 3 aromatic rings. The first kappa shape index (κ1) is 19.8. The molecule has 0 saturated carbocycles. The summed E-state index contributed by atoms with van der Waals surface area (Å²) in [6.07, 6.45) is 0. The van der Waals surface area contributed by atoms with Gasteiger partial charge in [0.2, 0.25) is 5.78 Å². The number of carbonyl (C=O) groups is 3. The summed E-state index contributed by atoms with van der Waals surface area (Å²) in [5, 5.41) is 4.30. The summed E-state index contributed by atoms with van der Waals surface area (Å²) in [5.41, 5.74) is -0.658. The molecule has 3 aromatic carbocycles. The lowest BCUT2D eigenvalue weighted by Gasteiger charge is -2.31. The number of rotatable bonds is 3. The van der Waals surface area contributed by atoms with E-state index in [9.17, 15) is 14.4 Å². The molecule has 1 aliphatic rings. The van der Waals surface area contributed by atoms with E-state index in [0.717, 1.165) is 10.9 Å². The van der Waals surface area contributed by atoms with Gasteiger partial charge >= 0.3 is 5.97 Å². The van der Waals surface area contributed by atoms with Gasteiger partial charge in [0.15, 0.2) is 0 Å². The van der Waals surface area contributed by atoms with Crippen molar-refractivity contribution in [3.8, 4) is 0 Å². The monoisotopic (exact) mass is 401 g/mol. The summed E-state index contributed by atoms with van der Waals surface area (Å²) < 4.78 is 5.82. The molecular weight excluding hydrogens is 378 g/mol. The molecule has 0 radical (unpaired) electrons. The van der Waals surface area contributed by atoms with Crippen molar-refractivity contribution in [3.05, 3.63) is 82.9 Å². The Bertz CT molecular complexity index is 1180. The minimum Gasteiger partial charge on any atom is -0.432 e. The zero-order valence-corrected chi connectivity index (χ0v) is 17.4. The van der Waals surface area contributed by atoms with E-state index in [1.165, 1.54) is 0 Å². The maximum atomic E-state index is 13.6. The van der Waals surface area contributed by atoms with Crippen LogP contribution in [-0.4, -0.2) is 23.2 Å². The van der Waals surface area contributed by atoms with Crippen LogP contribution in [0.4, 0.5) is 0 Å². The lowest BCUT2D eigenvalue weighted by atomic mass is 9.90. The Morgan fingerprint density at radius 3 is 2.20 bits per heavy atom. The highest BCUT2D eigenvalue weighted by atomic mass is 16.6. The third-order valence-corrected chi connectivity index (χ3v) is 5.19. The summed E-state index contributed by atoms with van der Waals surface area (Å²) in [5.74, 6) is -1.90. The first-order valence-corrected chi connectivity index (χ1v) is 9.83. The van der Waals surface area contributed by atoms with Gasteiger partial charge in [-0.3, -0.25) is 9.59 Å². The predicted octanol–water partition coefficient (Wildman–Crippen LogP) is 4.31. The highest BCUT2D eigenvalue weighted by Crippen LogP contribution is 2.44. The maximum absolute atomic E-state index is 13.6. The zero-order valence-electron chi connectivity index (χ0n) is 17.4. The van der Waals surface area contributed by atoms with Gasteiger partial charge in [-0.25, -0.2) is 4.79 Å². The van der Waals surface area contributed by atoms with Gasteiger partial charge in [-0.05, 0) is 45.2 Å². The standard InChI is InChI=1S/C25H23NO4/c1-15-11-13-17(14-12-15)22(28)30-25(23(29)26-24(2,3)4)19-10-6-8-16-7-5-9-18(20(16)19)21(25)27/h5-14H,1-4H3,(H,26,29). The number of hydrogen-bond acceptors (Lipinski definition) is 4. The van der Waals surface area contributed by atoms with Crippen LogP contribution in [0.15, 0.2) is 60.7 Å². The van der Waals surface area contributed by atoms with Gasteiger partial charge in [-0.1, -0.05) is 54.1 Å². The number of benzene rings is 3. The van der Waals surface area contributed by atoms with Crippen molar-refractivity contribution < 1.29 is 19.1 Å². The smallest absolute Gasteiger partial charge is 0.340 e. The number of Topliss-reactive ketones (excluding diaryl/α,β-unsaturated/α-hetero) is 1. The molecule has 1 aliphatic carbocycles. The van der Waals surface area contributed by atoms with Crippen LogP contribution in [0.25, 0.3) is 10.8 Å². The van der Waals surface area contributed by atoms with Crippen LogP contribution < -0.4 is 5.32 Å². The molecule has 1 atom stereocenters. The lowest BCUT2D eigenvalue weighted by molar-refractivity contribution is -0.138. The van der Waals surface area contributed by atoms with Gasteiger partial charge in [0.25, 0.3) is 11.5 Å². The molecule has 1 unspecified atom stereocenters. The van der Waals surface area contributed by atoms with Gasteiger partial charge < -0.3 is 10.1 Å². The van der Waals surface area contributed by atoms with Crippen LogP contribution in [0.2, 0.25) is 0 Å². The van der Waals surface area contributed by atoms with Crippen molar-refractivity contribution in [1.29, 1.82) is 0 Å². The van der Waals surface area contributed by atoms with E-state index < -0.39 is 28.8 Å². The molecule has 5 heteroatoms. The van der Waals surface area contributed by atoms with Crippen LogP contribution in [0, 0.1) is 6.92 Å². The topological polar surface area (TPSA) is 72.5 Å². The molecular formula is C25H23NO4. The van der Waals surface area contributed by atoms with Crippen molar-refractivity contribution in [2.75, 3.05) is 0 Å². The Hall–Kier alpha value is -3.47. The van der Waals surface area contributed by atoms with E-state index >= 15 is 0 Å². The third kappa shape index (κ3) is 3.07. The zero-order chi connectivity index (χ0) is 21.7. The number of aryl methyl sites for hydroxylation is 1. The van der Waals surface area contributed by atoms with Crippen molar-refractivity contribution in [3.63, 3.8) is 0 Å². The number of carbonyl (C=O) groups excluding carboxylic acids is 3. The summed E-state index contributed by atoms with van der Waals surface area (Å²) in [7, 11) is 0. The average molecular weight is 401 g/mol. The number of nitrogens with one attached hydrogen (secondary N) is 1. The van der Waals surface area contributed by atoms with Crippen molar-refractivity contribution in [2.45, 2.75) is 38.8 Å². The fourth-order valence-electron chi connectivity index (χ4n) is 3.82. The van der Waals surface area contributed by atoms with Gasteiger partial charge in [0.1, 0.15) is 0 Å². The molecule has 4 rings (SSSR count). The van der Waals surface area contributed by atoms with Crippen molar-refractivity contribution >= 4 is 28.4 Å². The Kier molecular flexibility index (Phi) is 4.49. The SMILES string of the molecule is Cc1ccc(C(=O)OC2(C(=O)NC(C)(C)C)C(=O)c3cccc4cccc2c34)cc1. The molecule has 0 aromatic heterocycles. The summed E-state index contributed by atoms with van der Waals surface area (Å²) in [6.45, 7) is 7.35. The van der Waals surface area contributed by atoms with Crippen LogP contribution >= 0.6 is 0 Å². The molecule has 30 heavy (non-hydrogen) atoms. The minimum atomic E-state index is -2.07. The molecule has 152 valence electrons. The van der Waals surface area contributed by atoms with E-state index in [2.05, 4.69) is 5.32 Å². The normalized spacial score (nSPS) is 17.8. The van der Waals surface area contributed by atoms with Crippen LogP contribution in [0.1, 0.15) is 52.6 Å². The predicted molar refractivity (Wildman–Crippen MR) is 114 cm³/mol. The van der Waals surface area contributed by atoms with E-state index in [4.69, 9.17) is 4.74 Å². The quantitative estimate of drug-likeness (QED) is 0.524. The molecule has 0 aliphatic heterocycles. The van der Waals surface area contributed by atoms with E-state index in [1.54, 1.807) is 48.5 Å². The van der Waals surface area contributed by atoms with Gasteiger partial charge in [-0.15, -0.1) is 0 Å². The summed E-state index contributed by atoms with van der Waals surface area (Å²) >= 11 is 0. The maximum Gasteiger partial charge on any atom is 0.340 e. The molecule has 5 nitrogen and oxygen atoms in total. The second-order valence-electron chi connectivity index (χ2n) is 8.68. The average Bonchev–Trinajstić information content (AvgIpc) is 2.93. The van der Waals surface area contributed by atoms with Crippen molar-refractivity contribution in [2.24, 2.45) is 0 Å². The minimum absolute atomic E-state index is 0.277. The Balaban J connectivity index is 1.89. The van der Waals surface area contributed by atoms with Gasteiger partial charge in [0.05, 0.1) is 5.56 Å². The first-order valence-electron chi connectivity index (χ1n) is 9.83. The number of ketones is 1. The second kappa shape index (κ2) is 6.80. The number of ether oxygens (including phenoxy) is 1. The molecule has 1 amide bonds. The van der Waals surface area contributed by atoms with Crippen LogP contribution in [0.3, 0.4) is 0 Å². The Morgan fingerprint density at radius 2 is 1.57 bits per heavy atom. The highest BCUT2D eigenvalue weighted by Gasteiger charge is 2.57. The Labute approximate surface area is 175 Å². The number of esters is 1. The molecule has 0 fully saturated rings. The molecule has 0 spiro atoms. The van der Waals surface area contributed by atoms with E-state index in [0.29, 0.717) is 16.5 Å². The highest BCUT2D eigenvalue weighted by molar-refractivity contribution is 6.29. The second-order valence-corrected chi connectivity index (χ2v) is 8.68. The van der Waals surface area contributed by atoms with Crippen LogP contribution in [0.5, 0.6) is 0 Å². The lowest BCUT2D eigenvalue weighted by Crippen LogP contribution is -2.55.